The molecule has 1 aromatic rings. The van der Waals surface area contributed by atoms with Crippen LogP contribution >= 0.6 is 15.9 Å². The number of hydrogen-bond donors (Lipinski definition) is 3. The van der Waals surface area contributed by atoms with Crippen molar-refractivity contribution in [3.8, 4) is 0 Å². The van der Waals surface area contributed by atoms with Crippen LogP contribution in [0.5, 0.6) is 0 Å². The molecule has 1 atom stereocenters. The second-order valence-electron chi connectivity index (χ2n) is 4.60. The number of rotatable bonds is 5. The number of benzene rings is 1. The van der Waals surface area contributed by atoms with Gasteiger partial charge in [0, 0.05) is 4.47 Å². The number of urea groups is 1. The Hall–Kier alpha value is -1.56. The van der Waals surface area contributed by atoms with Crippen LogP contribution in [0.15, 0.2) is 28.7 Å². The minimum absolute atomic E-state index is 0.185. The van der Waals surface area contributed by atoms with E-state index in [-0.39, 0.29) is 5.92 Å². The van der Waals surface area contributed by atoms with E-state index in [9.17, 15) is 9.59 Å². The first-order valence-corrected chi connectivity index (χ1v) is 6.74. The van der Waals surface area contributed by atoms with Gasteiger partial charge in [0.25, 0.3) is 0 Å². The van der Waals surface area contributed by atoms with E-state index in [4.69, 9.17) is 5.11 Å². The minimum Gasteiger partial charge on any atom is -0.480 e. The summed E-state index contributed by atoms with van der Waals surface area (Å²) in [5, 5.41) is 14.1. The molecule has 2 amide bonds. The zero-order valence-corrected chi connectivity index (χ0v) is 12.4. The maximum absolute atomic E-state index is 11.8. The van der Waals surface area contributed by atoms with E-state index < -0.39 is 18.0 Å². The lowest BCUT2D eigenvalue weighted by molar-refractivity contribution is -0.139. The van der Waals surface area contributed by atoms with Crippen molar-refractivity contribution in [1.82, 2.24) is 5.32 Å². The molecule has 0 unspecified atom stereocenters. The number of carbonyl (C=O) groups is 2. The van der Waals surface area contributed by atoms with Gasteiger partial charge in [0.2, 0.25) is 0 Å². The number of carboxylic acids is 1. The van der Waals surface area contributed by atoms with Crippen LogP contribution in [-0.2, 0) is 4.79 Å². The normalized spacial score (nSPS) is 12.0. The molecule has 0 aliphatic carbocycles. The monoisotopic (exact) mass is 328 g/mol. The molecule has 104 valence electrons. The Balaban J connectivity index is 2.63. The van der Waals surface area contributed by atoms with E-state index in [0.717, 1.165) is 4.47 Å². The Bertz CT molecular complexity index is 463. The topological polar surface area (TPSA) is 78.4 Å². The van der Waals surface area contributed by atoms with Crippen LogP contribution in [0.1, 0.15) is 20.3 Å². The van der Waals surface area contributed by atoms with Crippen molar-refractivity contribution in [3.63, 3.8) is 0 Å². The number of hydrogen-bond acceptors (Lipinski definition) is 2. The first-order valence-electron chi connectivity index (χ1n) is 5.95. The van der Waals surface area contributed by atoms with Crippen molar-refractivity contribution in [2.24, 2.45) is 5.92 Å². The van der Waals surface area contributed by atoms with E-state index in [1.165, 1.54) is 0 Å². The van der Waals surface area contributed by atoms with E-state index in [1.54, 1.807) is 18.2 Å². The molecule has 1 aromatic carbocycles. The van der Waals surface area contributed by atoms with Gasteiger partial charge in [-0.2, -0.15) is 0 Å². The molecule has 0 spiro atoms. The van der Waals surface area contributed by atoms with Crippen LogP contribution in [0.4, 0.5) is 10.5 Å². The molecule has 0 aromatic heterocycles. The van der Waals surface area contributed by atoms with Gasteiger partial charge in [-0.15, -0.1) is 0 Å². The summed E-state index contributed by atoms with van der Waals surface area (Å²) < 4.78 is 0.737. The third-order valence-corrected chi connectivity index (χ3v) is 3.12. The number of amides is 2. The van der Waals surface area contributed by atoms with Crippen molar-refractivity contribution in [2.45, 2.75) is 26.3 Å². The SMILES string of the molecule is CC(C)C[C@H](NC(=O)Nc1ccccc1Br)C(=O)O. The molecular formula is C13H17BrN2O3. The molecule has 3 N–H and O–H groups in total. The smallest absolute Gasteiger partial charge is 0.326 e. The van der Waals surface area contributed by atoms with Crippen LogP contribution in [0, 0.1) is 5.92 Å². The molecule has 19 heavy (non-hydrogen) atoms. The number of carbonyl (C=O) groups excluding carboxylic acids is 1. The Morgan fingerprint density at radius 2 is 1.95 bits per heavy atom. The Labute approximate surface area is 120 Å². The Kier molecular flexibility index (Phi) is 5.82. The highest BCUT2D eigenvalue weighted by Crippen LogP contribution is 2.21. The Morgan fingerprint density at radius 1 is 1.32 bits per heavy atom. The number of anilines is 1. The van der Waals surface area contributed by atoms with Gasteiger partial charge >= 0.3 is 12.0 Å². The lowest BCUT2D eigenvalue weighted by Gasteiger charge is -2.17. The largest absolute Gasteiger partial charge is 0.480 e. The van der Waals surface area contributed by atoms with E-state index >= 15 is 0 Å². The lowest BCUT2D eigenvalue weighted by atomic mass is 10.0. The van der Waals surface area contributed by atoms with Crippen LogP contribution < -0.4 is 10.6 Å². The molecule has 0 bridgehead atoms. The van der Waals surface area contributed by atoms with Crippen molar-refractivity contribution in [1.29, 1.82) is 0 Å². The zero-order valence-electron chi connectivity index (χ0n) is 10.8. The Morgan fingerprint density at radius 3 is 2.47 bits per heavy atom. The second kappa shape index (κ2) is 7.13. The standard InChI is InChI=1S/C13H17BrN2O3/c1-8(2)7-11(12(17)18)16-13(19)15-10-6-4-3-5-9(10)14/h3-6,8,11H,7H2,1-2H3,(H,17,18)(H2,15,16,19)/t11-/m0/s1. The summed E-state index contributed by atoms with van der Waals surface area (Å²) in [5.74, 6) is -0.846. The summed E-state index contributed by atoms with van der Waals surface area (Å²) >= 11 is 3.30. The molecule has 6 heteroatoms. The fourth-order valence-corrected chi connectivity index (χ4v) is 1.96. The van der Waals surface area contributed by atoms with Crippen LogP contribution in [0.3, 0.4) is 0 Å². The molecule has 0 aliphatic rings. The highest BCUT2D eigenvalue weighted by Gasteiger charge is 2.21. The maximum atomic E-state index is 11.8. The van der Waals surface area contributed by atoms with E-state index in [0.29, 0.717) is 12.1 Å². The molecule has 0 radical (unpaired) electrons. The van der Waals surface area contributed by atoms with Gasteiger partial charge in [0.15, 0.2) is 0 Å². The second-order valence-corrected chi connectivity index (χ2v) is 5.45. The molecule has 0 fully saturated rings. The number of halogens is 1. The number of aliphatic carboxylic acids is 1. The molecule has 0 saturated heterocycles. The fourth-order valence-electron chi connectivity index (χ4n) is 1.57. The van der Waals surface area contributed by atoms with Gasteiger partial charge in [-0.25, -0.2) is 9.59 Å². The van der Waals surface area contributed by atoms with Crippen molar-refractivity contribution >= 4 is 33.6 Å². The summed E-state index contributed by atoms with van der Waals surface area (Å²) in [6.45, 7) is 3.81. The van der Waals surface area contributed by atoms with Crippen molar-refractivity contribution in [3.05, 3.63) is 28.7 Å². The van der Waals surface area contributed by atoms with Gasteiger partial charge in [-0.05, 0) is 40.4 Å². The molecule has 0 saturated carbocycles. The maximum Gasteiger partial charge on any atom is 0.326 e. The predicted molar refractivity (Wildman–Crippen MR) is 77.2 cm³/mol. The summed E-state index contributed by atoms with van der Waals surface area (Å²) in [4.78, 5) is 22.8. The summed E-state index contributed by atoms with van der Waals surface area (Å²) in [6, 6.07) is 5.71. The van der Waals surface area contributed by atoms with E-state index in [2.05, 4.69) is 26.6 Å². The average Bonchev–Trinajstić information content (AvgIpc) is 2.30. The number of para-hydroxylation sites is 1. The summed E-state index contributed by atoms with van der Waals surface area (Å²) in [6.07, 6.45) is 0.388. The quantitative estimate of drug-likeness (QED) is 0.777. The van der Waals surface area contributed by atoms with Crippen LogP contribution in [-0.4, -0.2) is 23.1 Å². The van der Waals surface area contributed by atoms with Crippen molar-refractivity contribution < 1.29 is 14.7 Å². The summed E-state index contributed by atoms with van der Waals surface area (Å²) in [7, 11) is 0. The van der Waals surface area contributed by atoms with Gasteiger partial charge in [0.1, 0.15) is 6.04 Å². The number of carboxylic acid groups (broad SMARTS) is 1. The third kappa shape index (κ3) is 5.30. The number of nitrogens with one attached hydrogen (secondary N) is 2. The van der Waals surface area contributed by atoms with Crippen molar-refractivity contribution in [2.75, 3.05) is 5.32 Å². The average molecular weight is 329 g/mol. The molecule has 5 nitrogen and oxygen atoms in total. The highest BCUT2D eigenvalue weighted by molar-refractivity contribution is 9.10. The molecular weight excluding hydrogens is 312 g/mol. The lowest BCUT2D eigenvalue weighted by Crippen LogP contribution is -2.43. The highest BCUT2D eigenvalue weighted by atomic mass is 79.9. The first-order chi connectivity index (χ1) is 8.90. The molecule has 0 aliphatic heterocycles. The van der Waals surface area contributed by atoms with Gasteiger partial charge in [-0.3, -0.25) is 0 Å². The van der Waals surface area contributed by atoms with Crippen LogP contribution in [0.2, 0.25) is 0 Å². The third-order valence-electron chi connectivity index (χ3n) is 2.43. The summed E-state index contributed by atoms with van der Waals surface area (Å²) in [5.41, 5.74) is 0.591. The fraction of sp³-hybridized carbons (Fsp3) is 0.385. The predicted octanol–water partition coefficient (Wildman–Crippen LogP) is 3.07. The minimum atomic E-state index is -1.03. The molecule has 1 rings (SSSR count). The van der Waals surface area contributed by atoms with Gasteiger partial charge in [-0.1, -0.05) is 26.0 Å². The van der Waals surface area contributed by atoms with Crippen LogP contribution in [0.25, 0.3) is 0 Å². The van der Waals surface area contributed by atoms with E-state index in [1.807, 2.05) is 19.9 Å². The van der Waals surface area contributed by atoms with Gasteiger partial charge < -0.3 is 15.7 Å². The zero-order chi connectivity index (χ0) is 14.4. The first kappa shape index (κ1) is 15.5. The molecule has 0 heterocycles. The van der Waals surface area contributed by atoms with Gasteiger partial charge in [0.05, 0.1) is 5.69 Å².